The van der Waals surface area contributed by atoms with Crippen LogP contribution in [0.25, 0.3) is 5.78 Å². The molecule has 0 unspecified atom stereocenters. The van der Waals surface area contributed by atoms with Gasteiger partial charge in [0.1, 0.15) is 25.4 Å². The first-order valence-corrected chi connectivity index (χ1v) is 7.48. The van der Waals surface area contributed by atoms with Crippen molar-refractivity contribution in [1.29, 1.82) is 0 Å². The fourth-order valence-electron chi connectivity index (χ4n) is 2.72. The minimum atomic E-state index is 0.593. The molecule has 7 heteroatoms. The summed E-state index contributed by atoms with van der Waals surface area (Å²) in [7, 11) is 2.02. The van der Waals surface area contributed by atoms with Crippen molar-refractivity contribution in [3.8, 4) is 11.5 Å². The third kappa shape index (κ3) is 2.54. The van der Waals surface area contributed by atoms with E-state index in [1.165, 1.54) is 6.33 Å². The Morgan fingerprint density at radius 1 is 1.17 bits per heavy atom. The standard InChI is InChI=1S/C16H17N5O2/c1-11-7-15(21-16(19-11)17-10-18-21)20(2)9-12-3-4-13-14(8-12)23-6-5-22-13/h3-4,7-8,10H,5-6,9H2,1-2H3. The van der Waals surface area contributed by atoms with E-state index in [0.29, 0.717) is 19.0 Å². The molecule has 0 saturated heterocycles. The summed E-state index contributed by atoms with van der Waals surface area (Å²) in [5, 5.41) is 4.25. The molecule has 0 spiro atoms. The molecule has 0 radical (unpaired) electrons. The van der Waals surface area contributed by atoms with E-state index < -0.39 is 0 Å². The van der Waals surface area contributed by atoms with Crippen molar-refractivity contribution in [3.05, 3.63) is 41.9 Å². The maximum atomic E-state index is 5.65. The molecule has 0 amide bonds. The molecule has 7 nitrogen and oxygen atoms in total. The number of ether oxygens (including phenoxy) is 2. The zero-order valence-electron chi connectivity index (χ0n) is 13.1. The van der Waals surface area contributed by atoms with Gasteiger partial charge in [0.15, 0.2) is 11.5 Å². The number of aryl methyl sites for hydroxylation is 1. The lowest BCUT2D eigenvalue weighted by atomic mass is 10.2. The quantitative estimate of drug-likeness (QED) is 0.735. The monoisotopic (exact) mass is 311 g/mol. The number of anilines is 1. The normalized spacial score (nSPS) is 13.3. The van der Waals surface area contributed by atoms with Crippen LogP contribution in [0.15, 0.2) is 30.6 Å². The minimum absolute atomic E-state index is 0.593. The molecule has 4 rings (SSSR count). The zero-order valence-corrected chi connectivity index (χ0v) is 13.1. The first-order chi connectivity index (χ1) is 11.2. The molecule has 0 fully saturated rings. The highest BCUT2D eigenvalue weighted by Gasteiger charge is 2.14. The van der Waals surface area contributed by atoms with Crippen LogP contribution in [-0.2, 0) is 6.54 Å². The van der Waals surface area contributed by atoms with Crippen molar-refractivity contribution in [2.75, 3.05) is 25.2 Å². The summed E-state index contributed by atoms with van der Waals surface area (Å²) in [5.74, 6) is 3.16. The van der Waals surface area contributed by atoms with E-state index in [1.54, 1.807) is 4.52 Å². The highest BCUT2D eigenvalue weighted by Crippen LogP contribution is 2.31. The maximum Gasteiger partial charge on any atom is 0.254 e. The van der Waals surface area contributed by atoms with E-state index in [9.17, 15) is 0 Å². The molecule has 1 aliphatic heterocycles. The Morgan fingerprint density at radius 2 is 2.00 bits per heavy atom. The lowest BCUT2D eigenvalue weighted by Crippen LogP contribution is -2.21. The number of nitrogens with zero attached hydrogens (tertiary/aromatic N) is 5. The van der Waals surface area contributed by atoms with Crippen molar-refractivity contribution >= 4 is 11.6 Å². The SMILES string of the molecule is Cc1cc(N(C)Cc2ccc3c(c2)OCCO3)n2ncnc2n1. The number of hydrogen-bond donors (Lipinski definition) is 0. The summed E-state index contributed by atoms with van der Waals surface area (Å²) in [6.07, 6.45) is 1.52. The average molecular weight is 311 g/mol. The van der Waals surface area contributed by atoms with Crippen LogP contribution in [0, 0.1) is 6.92 Å². The topological polar surface area (TPSA) is 64.8 Å². The van der Waals surface area contributed by atoms with Crippen molar-refractivity contribution in [2.24, 2.45) is 0 Å². The second kappa shape index (κ2) is 5.42. The molecule has 1 aliphatic rings. The van der Waals surface area contributed by atoms with Gasteiger partial charge in [0.25, 0.3) is 5.78 Å². The highest BCUT2D eigenvalue weighted by molar-refractivity contribution is 5.49. The molecule has 3 aromatic rings. The summed E-state index contributed by atoms with van der Waals surface area (Å²) >= 11 is 0. The van der Waals surface area contributed by atoms with Gasteiger partial charge in [0.05, 0.1) is 0 Å². The molecule has 2 aromatic heterocycles. The first-order valence-electron chi connectivity index (χ1n) is 7.48. The molecule has 3 heterocycles. The van der Waals surface area contributed by atoms with Crippen LogP contribution in [-0.4, -0.2) is 39.8 Å². The lowest BCUT2D eigenvalue weighted by Gasteiger charge is -2.22. The third-order valence-corrected chi connectivity index (χ3v) is 3.78. The van der Waals surface area contributed by atoms with E-state index in [0.717, 1.165) is 35.1 Å². The van der Waals surface area contributed by atoms with Gasteiger partial charge >= 0.3 is 0 Å². The van der Waals surface area contributed by atoms with Crippen LogP contribution < -0.4 is 14.4 Å². The Hall–Kier alpha value is -2.83. The summed E-state index contributed by atoms with van der Waals surface area (Å²) in [6.45, 7) is 3.87. The molecule has 0 N–H and O–H groups in total. The fourth-order valence-corrected chi connectivity index (χ4v) is 2.72. The second-order valence-electron chi connectivity index (χ2n) is 5.56. The zero-order chi connectivity index (χ0) is 15.8. The average Bonchev–Trinajstić information content (AvgIpc) is 3.02. The van der Waals surface area contributed by atoms with Crippen molar-refractivity contribution < 1.29 is 9.47 Å². The van der Waals surface area contributed by atoms with Crippen LogP contribution in [0.5, 0.6) is 11.5 Å². The Balaban J connectivity index is 1.64. The Kier molecular flexibility index (Phi) is 3.25. The summed E-state index contributed by atoms with van der Waals surface area (Å²) in [4.78, 5) is 10.6. The van der Waals surface area contributed by atoms with E-state index in [-0.39, 0.29) is 0 Å². The molecule has 0 atom stereocenters. The summed E-state index contributed by atoms with van der Waals surface area (Å²) in [6, 6.07) is 8.04. The van der Waals surface area contributed by atoms with E-state index >= 15 is 0 Å². The van der Waals surface area contributed by atoms with Crippen LogP contribution in [0.3, 0.4) is 0 Å². The predicted molar refractivity (Wildman–Crippen MR) is 85.1 cm³/mol. The number of hydrogen-bond acceptors (Lipinski definition) is 6. The lowest BCUT2D eigenvalue weighted by molar-refractivity contribution is 0.171. The maximum absolute atomic E-state index is 5.65. The number of rotatable bonds is 3. The van der Waals surface area contributed by atoms with Gasteiger partial charge < -0.3 is 14.4 Å². The predicted octanol–water partition coefficient (Wildman–Crippen LogP) is 1.84. The third-order valence-electron chi connectivity index (χ3n) is 3.78. The number of aromatic nitrogens is 4. The van der Waals surface area contributed by atoms with Crippen molar-refractivity contribution in [1.82, 2.24) is 19.6 Å². The first kappa shape index (κ1) is 13.8. The Labute approximate surface area is 133 Å². The molecular weight excluding hydrogens is 294 g/mol. The molecule has 0 bridgehead atoms. The summed E-state index contributed by atoms with van der Waals surface area (Å²) in [5.41, 5.74) is 2.05. The largest absolute Gasteiger partial charge is 0.486 e. The van der Waals surface area contributed by atoms with Gasteiger partial charge in [-0.15, -0.1) is 0 Å². The highest BCUT2D eigenvalue weighted by atomic mass is 16.6. The molecule has 0 saturated carbocycles. The molecule has 23 heavy (non-hydrogen) atoms. The minimum Gasteiger partial charge on any atom is -0.486 e. The number of fused-ring (bicyclic) bond motifs is 2. The van der Waals surface area contributed by atoms with Crippen LogP contribution >= 0.6 is 0 Å². The summed E-state index contributed by atoms with van der Waals surface area (Å²) < 4.78 is 13.0. The van der Waals surface area contributed by atoms with Gasteiger partial charge in [-0.3, -0.25) is 0 Å². The van der Waals surface area contributed by atoms with Crippen molar-refractivity contribution in [2.45, 2.75) is 13.5 Å². The Bertz CT molecular complexity index is 861. The second-order valence-corrected chi connectivity index (χ2v) is 5.56. The van der Waals surface area contributed by atoms with Crippen molar-refractivity contribution in [3.63, 3.8) is 0 Å². The molecular formula is C16H17N5O2. The van der Waals surface area contributed by atoms with E-state index in [1.807, 2.05) is 32.2 Å². The molecule has 118 valence electrons. The fraction of sp³-hybridized carbons (Fsp3) is 0.312. The van der Waals surface area contributed by atoms with E-state index in [2.05, 4.69) is 26.0 Å². The van der Waals surface area contributed by atoms with Gasteiger partial charge in [-0.2, -0.15) is 14.6 Å². The van der Waals surface area contributed by atoms with Gasteiger partial charge in [0, 0.05) is 25.4 Å². The van der Waals surface area contributed by atoms with Gasteiger partial charge in [-0.05, 0) is 24.6 Å². The van der Waals surface area contributed by atoms with Gasteiger partial charge in [0.2, 0.25) is 0 Å². The Morgan fingerprint density at radius 3 is 2.87 bits per heavy atom. The van der Waals surface area contributed by atoms with E-state index in [4.69, 9.17) is 9.47 Å². The van der Waals surface area contributed by atoms with Gasteiger partial charge in [-0.25, -0.2) is 4.98 Å². The number of benzene rings is 1. The van der Waals surface area contributed by atoms with Gasteiger partial charge in [-0.1, -0.05) is 6.07 Å². The smallest absolute Gasteiger partial charge is 0.254 e. The molecule has 0 aliphatic carbocycles. The van der Waals surface area contributed by atoms with Crippen LogP contribution in [0.1, 0.15) is 11.3 Å². The van der Waals surface area contributed by atoms with Crippen LogP contribution in [0.2, 0.25) is 0 Å². The van der Waals surface area contributed by atoms with Crippen LogP contribution in [0.4, 0.5) is 5.82 Å². The molecule has 1 aromatic carbocycles.